The number of nitrogens with two attached hydrogens (primary N) is 1. The fraction of sp³-hybridized carbons (Fsp3) is 0.611. The van der Waals surface area contributed by atoms with Gasteiger partial charge in [0.15, 0.2) is 11.6 Å². The zero-order valence-corrected chi connectivity index (χ0v) is 14.5. The summed E-state index contributed by atoms with van der Waals surface area (Å²) >= 11 is 0. The van der Waals surface area contributed by atoms with E-state index in [0.29, 0.717) is 25.5 Å². The Hall–Kier alpha value is -1.80. The molecule has 2 heterocycles. The number of fused-ring (bicyclic) bond motifs is 1. The summed E-state index contributed by atoms with van der Waals surface area (Å²) in [5, 5.41) is 0. The van der Waals surface area contributed by atoms with E-state index >= 15 is 0 Å². The minimum atomic E-state index is -1.18. The van der Waals surface area contributed by atoms with Crippen LogP contribution in [0.2, 0.25) is 0 Å². The van der Waals surface area contributed by atoms with Gasteiger partial charge in [-0.3, -0.25) is 4.90 Å². The fourth-order valence-corrected chi connectivity index (χ4v) is 4.64. The van der Waals surface area contributed by atoms with Crippen molar-refractivity contribution in [3.8, 4) is 0 Å². The van der Waals surface area contributed by atoms with Crippen molar-refractivity contribution in [1.82, 2.24) is 9.80 Å². The zero-order chi connectivity index (χ0) is 18.6. The van der Waals surface area contributed by atoms with Crippen LogP contribution in [-0.2, 0) is 4.74 Å². The molecule has 1 amide bonds. The van der Waals surface area contributed by atoms with Gasteiger partial charge in [0.2, 0.25) is 0 Å². The van der Waals surface area contributed by atoms with Gasteiger partial charge >= 0.3 is 6.09 Å². The molecule has 0 radical (unpaired) electrons. The fourth-order valence-electron chi connectivity index (χ4n) is 4.64. The SMILES string of the molecule is CN1C(=O)O[C@@H]2CN([C@H]3CC[C@H](c4cc(F)c(F)cc4F)[C@@H](N)C3)C[C@@H]21. The van der Waals surface area contributed by atoms with Gasteiger partial charge in [-0.25, -0.2) is 18.0 Å². The minimum Gasteiger partial charge on any atom is -0.442 e. The van der Waals surface area contributed by atoms with E-state index in [4.69, 9.17) is 10.5 Å². The molecule has 1 saturated carbocycles. The molecule has 0 spiro atoms. The Kier molecular flexibility index (Phi) is 4.35. The number of likely N-dealkylation sites (tertiary alicyclic amines) is 1. The smallest absolute Gasteiger partial charge is 0.410 e. The summed E-state index contributed by atoms with van der Waals surface area (Å²) in [5.74, 6) is -3.31. The van der Waals surface area contributed by atoms with Gasteiger partial charge in [0.1, 0.15) is 11.9 Å². The average Bonchev–Trinajstić information content (AvgIpc) is 3.11. The molecule has 1 aromatic carbocycles. The van der Waals surface area contributed by atoms with Crippen LogP contribution in [-0.4, -0.2) is 60.3 Å². The van der Waals surface area contributed by atoms with Crippen LogP contribution in [0, 0.1) is 17.5 Å². The van der Waals surface area contributed by atoms with Gasteiger partial charge in [0, 0.05) is 44.2 Å². The molecule has 142 valence electrons. The Morgan fingerprint density at radius 1 is 1.12 bits per heavy atom. The van der Waals surface area contributed by atoms with E-state index in [1.54, 1.807) is 11.9 Å². The highest BCUT2D eigenvalue weighted by molar-refractivity contribution is 5.70. The third kappa shape index (κ3) is 2.85. The number of rotatable bonds is 2. The largest absolute Gasteiger partial charge is 0.442 e. The third-order valence-electron chi connectivity index (χ3n) is 6.13. The van der Waals surface area contributed by atoms with E-state index in [0.717, 1.165) is 19.0 Å². The number of halogens is 3. The van der Waals surface area contributed by atoms with Gasteiger partial charge in [-0.2, -0.15) is 0 Å². The van der Waals surface area contributed by atoms with Crippen LogP contribution in [0.1, 0.15) is 30.7 Å². The van der Waals surface area contributed by atoms with Crippen LogP contribution in [0.3, 0.4) is 0 Å². The second-order valence-electron chi connectivity index (χ2n) is 7.58. The monoisotopic (exact) mass is 369 g/mol. The lowest BCUT2D eigenvalue weighted by Gasteiger charge is -2.39. The molecule has 5 atom stereocenters. The first kappa shape index (κ1) is 17.6. The summed E-state index contributed by atoms with van der Waals surface area (Å²) in [4.78, 5) is 15.5. The summed E-state index contributed by atoms with van der Waals surface area (Å²) in [6, 6.07) is 1.46. The molecule has 3 aliphatic rings. The molecule has 1 aliphatic carbocycles. The van der Waals surface area contributed by atoms with Crippen molar-refractivity contribution < 1.29 is 22.7 Å². The van der Waals surface area contributed by atoms with Crippen LogP contribution in [0.15, 0.2) is 12.1 Å². The quantitative estimate of drug-likeness (QED) is 0.812. The van der Waals surface area contributed by atoms with E-state index in [2.05, 4.69) is 4.90 Å². The maximum atomic E-state index is 14.1. The molecule has 3 fully saturated rings. The van der Waals surface area contributed by atoms with Crippen molar-refractivity contribution >= 4 is 6.09 Å². The highest BCUT2D eigenvalue weighted by Gasteiger charge is 2.48. The Bertz CT molecular complexity index is 732. The molecule has 2 aliphatic heterocycles. The van der Waals surface area contributed by atoms with Gasteiger partial charge in [-0.05, 0) is 30.9 Å². The van der Waals surface area contributed by atoms with Crippen molar-refractivity contribution in [3.05, 3.63) is 35.1 Å². The lowest BCUT2D eigenvalue weighted by Crippen LogP contribution is -2.46. The molecule has 2 saturated heterocycles. The predicted molar refractivity (Wildman–Crippen MR) is 88.1 cm³/mol. The average molecular weight is 369 g/mol. The summed E-state index contributed by atoms with van der Waals surface area (Å²) < 4.78 is 46.2. The maximum absolute atomic E-state index is 14.1. The first-order valence-electron chi connectivity index (χ1n) is 8.92. The van der Waals surface area contributed by atoms with Crippen LogP contribution in [0.4, 0.5) is 18.0 Å². The molecule has 0 bridgehead atoms. The second-order valence-corrected chi connectivity index (χ2v) is 7.58. The standard InChI is InChI=1S/C18H22F3N3O2/c1-23-16-7-24(8-17(16)26-18(23)25)9-2-3-10(15(22)4-9)11-5-13(20)14(21)6-12(11)19/h5-6,9-10,15-17H,2-4,7-8,22H2,1H3/t9-,10+,15-,16-,17+/m0/s1. The molecule has 0 aromatic heterocycles. The van der Waals surface area contributed by atoms with E-state index in [1.165, 1.54) is 0 Å². The Morgan fingerprint density at radius 2 is 1.85 bits per heavy atom. The number of carbonyl (C=O) groups excluding carboxylic acids is 1. The molecule has 1 aromatic rings. The van der Waals surface area contributed by atoms with Crippen molar-refractivity contribution in [1.29, 1.82) is 0 Å². The van der Waals surface area contributed by atoms with E-state index in [1.807, 2.05) is 0 Å². The Morgan fingerprint density at radius 3 is 2.54 bits per heavy atom. The molecule has 5 nitrogen and oxygen atoms in total. The summed E-state index contributed by atoms with van der Waals surface area (Å²) in [5.41, 5.74) is 6.44. The molecule has 4 rings (SSSR count). The number of carbonyl (C=O) groups is 1. The molecule has 26 heavy (non-hydrogen) atoms. The maximum Gasteiger partial charge on any atom is 0.410 e. The molecule has 2 N–H and O–H groups in total. The number of hydrogen-bond donors (Lipinski definition) is 1. The van der Waals surface area contributed by atoms with Gasteiger partial charge in [0.25, 0.3) is 0 Å². The van der Waals surface area contributed by atoms with Gasteiger partial charge in [-0.15, -0.1) is 0 Å². The number of hydrogen-bond acceptors (Lipinski definition) is 4. The van der Waals surface area contributed by atoms with Gasteiger partial charge in [-0.1, -0.05) is 0 Å². The van der Waals surface area contributed by atoms with Gasteiger partial charge < -0.3 is 15.4 Å². The number of benzene rings is 1. The highest BCUT2D eigenvalue weighted by Crippen LogP contribution is 2.38. The lowest BCUT2D eigenvalue weighted by atomic mass is 9.77. The minimum absolute atomic E-state index is 0.0556. The Balaban J connectivity index is 1.43. The van der Waals surface area contributed by atoms with Crippen molar-refractivity contribution in [2.24, 2.45) is 5.73 Å². The summed E-state index contributed by atoms with van der Waals surface area (Å²) in [6.45, 7) is 1.40. The highest BCUT2D eigenvalue weighted by atomic mass is 19.2. The topological polar surface area (TPSA) is 58.8 Å². The zero-order valence-electron chi connectivity index (χ0n) is 14.5. The van der Waals surface area contributed by atoms with Crippen LogP contribution in [0.25, 0.3) is 0 Å². The Labute approximate surface area is 149 Å². The molecular formula is C18H22F3N3O2. The summed E-state index contributed by atoms with van der Waals surface area (Å²) in [7, 11) is 1.74. The lowest BCUT2D eigenvalue weighted by molar-refractivity contribution is 0.102. The van der Waals surface area contributed by atoms with Crippen LogP contribution in [0.5, 0.6) is 0 Å². The van der Waals surface area contributed by atoms with Crippen molar-refractivity contribution in [2.45, 2.75) is 49.4 Å². The van der Waals surface area contributed by atoms with E-state index in [-0.39, 0.29) is 41.8 Å². The third-order valence-corrected chi connectivity index (χ3v) is 6.13. The van der Waals surface area contributed by atoms with Crippen molar-refractivity contribution in [3.63, 3.8) is 0 Å². The van der Waals surface area contributed by atoms with Crippen molar-refractivity contribution in [2.75, 3.05) is 20.1 Å². The van der Waals surface area contributed by atoms with Crippen LogP contribution >= 0.6 is 0 Å². The number of likely N-dealkylation sites (N-methyl/N-ethyl adjacent to an activating group) is 1. The number of nitrogens with zero attached hydrogens (tertiary/aromatic N) is 2. The molecule has 0 unspecified atom stereocenters. The van der Waals surface area contributed by atoms with E-state index < -0.39 is 17.5 Å². The predicted octanol–water partition coefficient (Wildman–Crippen LogP) is 2.20. The first-order chi connectivity index (χ1) is 12.3. The first-order valence-corrected chi connectivity index (χ1v) is 8.92. The number of ether oxygens (including phenoxy) is 1. The summed E-state index contributed by atoms with van der Waals surface area (Å²) in [6.07, 6.45) is 1.63. The number of amides is 1. The van der Waals surface area contributed by atoms with Crippen LogP contribution < -0.4 is 5.73 Å². The molecule has 8 heteroatoms. The molecular weight excluding hydrogens is 347 g/mol. The van der Waals surface area contributed by atoms with E-state index in [9.17, 15) is 18.0 Å². The van der Waals surface area contributed by atoms with Gasteiger partial charge in [0.05, 0.1) is 6.04 Å². The normalized spacial score (nSPS) is 34.9. The second kappa shape index (κ2) is 6.42.